The molecule has 1 fully saturated rings. The Morgan fingerprint density at radius 2 is 1.91 bits per heavy atom. The van der Waals surface area contributed by atoms with Crippen LogP contribution in [-0.4, -0.2) is 36.2 Å². The molecule has 1 aromatic carbocycles. The lowest BCUT2D eigenvalue weighted by atomic mass is 9.53. The summed E-state index contributed by atoms with van der Waals surface area (Å²) in [4.78, 5) is 2.16. The highest BCUT2D eigenvalue weighted by atomic mass is 35.5. The van der Waals surface area contributed by atoms with Crippen LogP contribution in [0, 0.1) is 5.82 Å². The lowest BCUT2D eigenvalue weighted by Crippen LogP contribution is -2.57. The van der Waals surface area contributed by atoms with E-state index in [1.54, 1.807) is 12.1 Å². The Labute approximate surface area is 139 Å². The van der Waals surface area contributed by atoms with Crippen molar-refractivity contribution in [2.75, 3.05) is 20.6 Å². The minimum Gasteiger partial charge on any atom is -0.389 e. The fourth-order valence-corrected chi connectivity index (χ4v) is 4.53. The molecule has 1 aromatic rings. The molecule has 2 atom stereocenters. The van der Waals surface area contributed by atoms with Crippen LogP contribution in [0.1, 0.15) is 49.7 Å². The van der Waals surface area contributed by atoms with Crippen LogP contribution in [0.5, 0.6) is 0 Å². The van der Waals surface area contributed by atoms with E-state index in [0.29, 0.717) is 0 Å². The molecule has 0 aromatic heterocycles. The molecular formula is C18H27ClFNO. The second-order valence-electron chi connectivity index (χ2n) is 7.18. The molecule has 124 valence electrons. The van der Waals surface area contributed by atoms with E-state index in [-0.39, 0.29) is 23.6 Å². The van der Waals surface area contributed by atoms with Crippen LogP contribution in [0.3, 0.4) is 0 Å². The van der Waals surface area contributed by atoms with Crippen molar-refractivity contribution >= 4 is 12.4 Å². The summed E-state index contributed by atoms with van der Waals surface area (Å²) in [5.41, 5.74) is 1.41. The molecule has 22 heavy (non-hydrogen) atoms. The second kappa shape index (κ2) is 6.46. The molecule has 0 amide bonds. The summed E-state index contributed by atoms with van der Waals surface area (Å²) in [7, 11) is 4.13. The molecule has 0 spiro atoms. The van der Waals surface area contributed by atoms with Gasteiger partial charge in [-0.15, -0.1) is 12.4 Å². The van der Waals surface area contributed by atoms with E-state index in [2.05, 4.69) is 19.0 Å². The first kappa shape index (κ1) is 17.7. The highest BCUT2D eigenvalue weighted by molar-refractivity contribution is 5.85. The number of hydrogen-bond donors (Lipinski definition) is 1. The predicted molar refractivity (Wildman–Crippen MR) is 90.2 cm³/mol. The van der Waals surface area contributed by atoms with Crippen LogP contribution in [-0.2, 0) is 11.8 Å². The molecular weight excluding hydrogens is 301 g/mol. The van der Waals surface area contributed by atoms with Gasteiger partial charge in [0.2, 0.25) is 0 Å². The summed E-state index contributed by atoms with van der Waals surface area (Å²) in [5, 5.41) is 11.4. The Morgan fingerprint density at radius 1 is 1.18 bits per heavy atom. The van der Waals surface area contributed by atoms with Crippen molar-refractivity contribution in [3.63, 3.8) is 0 Å². The number of halogens is 2. The van der Waals surface area contributed by atoms with Crippen LogP contribution in [0.4, 0.5) is 4.39 Å². The van der Waals surface area contributed by atoms with Crippen molar-refractivity contribution in [2.45, 2.75) is 56.0 Å². The van der Waals surface area contributed by atoms with E-state index in [9.17, 15) is 9.50 Å². The average molecular weight is 328 g/mol. The zero-order valence-corrected chi connectivity index (χ0v) is 14.4. The van der Waals surface area contributed by atoms with Crippen LogP contribution in [0.25, 0.3) is 0 Å². The van der Waals surface area contributed by atoms with Crippen molar-refractivity contribution < 1.29 is 9.50 Å². The number of aryl methyl sites for hydroxylation is 1. The van der Waals surface area contributed by atoms with Crippen LogP contribution >= 0.6 is 12.4 Å². The van der Waals surface area contributed by atoms with Crippen molar-refractivity contribution in [1.29, 1.82) is 0 Å². The summed E-state index contributed by atoms with van der Waals surface area (Å²) in [6.45, 7) is 0.929. The zero-order chi connectivity index (χ0) is 15.1. The van der Waals surface area contributed by atoms with Crippen LogP contribution in [0.2, 0.25) is 0 Å². The third kappa shape index (κ3) is 2.79. The van der Waals surface area contributed by atoms with E-state index < -0.39 is 5.60 Å². The van der Waals surface area contributed by atoms with Gasteiger partial charge in [0, 0.05) is 5.41 Å². The van der Waals surface area contributed by atoms with Crippen molar-refractivity contribution in [2.24, 2.45) is 0 Å². The molecule has 1 saturated carbocycles. The smallest absolute Gasteiger partial charge is 0.123 e. The Bertz CT molecular complexity index is 536. The average Bonchev–Trinajstić information content (AvgIpc) is 2.45. The Morgan fingerprint density at radius 3 is 2.64 bits per heavy atom. The first-order chi connectivity index (χ1) is 9.97. The van der Waals surface area contributed by atoms with Gasteiger partial charge in [0.05, 0.1) is 5.60 Å². The van der Waals surface area contributed by atoms with Gasteiger partial charge in [0.25, 0.3) is 0 Å². The van der Waals surface area contributed by atoms with Crippen LogP contribution in [0.15, 0.2) is 18.2 Å². The third-order valence-corrected chi connectivity index (χ3v) is 5.72. The maximum absolute atomic E-state index is 13.9. The third-order valence-electron chi connectivity index (χ3n) is 5.72. The molecule has 4 heteroatoms. The number of hydrogen-bond acceptors (Lipinski definition) is 2. The Hall–Kier alpha value is -0.640. The minimum absolute atomic E-state index is 0. The zero-order valence-electron chi connectivity index (χ0n) is 13.6. The first-order valence-corrected chi connectivity index (χ1v) is 8.13. The lowest BCUT2D eigenvalue weighted by molar-refractivity contribution is -0.0888. The van der Waals surface area contributed by atoms with Gasteiger partial charge in [-0.2, -0.15) is 0 Å². The maximum atomic E-state index is 13.9. The summed E-state index contributed by atoms with van der Waals surface area (Å²) in [5.74, 6) is -0.173. The fraction of sp³-hybridized carbons (Fsp3) is 0.667. The van der Waals surface area contributed by atoms with E-state index in [4.69, 9.17) is 0 Å². The number of rotatable bonds is 3. The molecule has 3 rings (SSSR count). The first-order valence-electron chi connectivity index (χ1n) is 8.13. The molecule has 0 aliphatic heterocycles. The summed E-state index contributed by atoms with van der Waals surface area (Å²) in [6.07, 6.45) is 6.66. The molecule has 0 heterocycles. The summed E-state index contributed by atoms with van der Waals surface area (Å²) >= 11 is 0. The molecule has 0 bridgehead atoms. The molecule has 0 saturated heterocycles. The number of aliphatic hydroxyl groups is 1. The van der Waals surface area contributed by atoms with Gasteiger partial charge in [-0.25, -0.2) is 4.39 Å². The normalized spacial score (nSPS) is 30.4. The number of nitrogens with zero attached hydrogens (tertiary/aromatic N) is 1. The van der Waals surface area contributed by atoms with Crippen molar-refractivity contribution in [1.82, 2.24) is 4.90 Å². The predicted octanol–water partition coefficient (Wildman–Crippen LogP) is 3.69. The monoisotopic (exact) mass is 327 g/mol. The van der Waals surface area contributed by atoms with Crippen molar-refractivity contribution in [3.05, 3.63) is 35.1 Å². The van der Waals surface area contributed by atoms with Gasteiger partial charge < -0.3 is 10.0 Å². The quantitative estimate of drug-likeness (QED) is 0.915. The molecule has 0 radical (unpaired) electrons. The molecule has 1 N–H and O–H groups in total. The standard InChI is InChI=1S/C18H26FNO.ClH/c1-20(2)12-11-17-8-3-4-9-18(17,21)10-7-14-5-6-15(19)13-16(14)17;/h5-6,13,21H,3-4,7-12H2,1-2H3;1H/t17-,18+;/m0./s1. The van der Waals surface area contributed by atoms with E-state index in [1.807, 2.05) is 6.07 Å². The fourth-order valence-electron chi connectivity index (χ4n) is 4.53. The SMILES string of the molecule is CN(C)CC[C@]12CCCC[C@@]1(O)CCc1ccc(F)cc12.Cl. The second-order valence-corrected chi connectivity index (χ2v) is 7.18. The van der Waals surface area contributed by atoms with Gasteiger partial charge >= 0.3 is 0 Å². The topological polar surface area (TPSA) is 23.5 Å². The van der Waals surface area contributed by atoms with Gasteiger partial charge in [0.15, 0.2) is 0 Å². The Balaban J connectivity index is 0.00000176. The van der Waals surface area contributed by atoms with Gasteiger partial charge in [-0.3, -0.25) is 0 Å². The molecule has 0 unspecified atom stereocenters. The van der Waals surface area contributed by atoms with Gasteiger partial charge in [-0.05, 0) is 76.0 Å². The molecule has 2 aliphatic carbocycles. The van der Waals surface area contributed by atoms with E-state index >= 15 is 0 Å². The van der Waals surface area contributed by atoms with Gasteiger partial charge in [-0.1, -0.05) is 18.9 Å². The Kier molecular flexibility index (Phi) is 5.20. The largest absolute Gasteiger partial charge is 0.389 e. The highest BCUT2D eigenvalue weighted by Crippen LogP contribution is 2.54. The number of benzene rings is 1. The minimum atomic E-state index is -0.651. The van der Waals surface area contributed by atoms with E-state index in [0.717, 1.165) is 57.1 Å². The molecule has 2 aliphatic rings. The van der Waals surface area contributed by atoms with Gasteiger partial charge in [0.1, 0.15) is 5.82 Å². The molecule has 2 nitrogen and oxygen atoms in total. The highest BCUT2D eigenvalue weighted by Gasteiger charge is 2.54. The lowest BCUT2D eigenvalue weighted by Gasteiger charge is -2.55. The summed E-state index contributed by atoms with van der Waals surface area (Å²) in [6, 6.07) is 5.18. The maximum Gasteiger partial charge on any atom is 0.123 e. The van der Waals surface area contributed by atoms with Crippen molar-refractivity contribution in [3.8, 4) is 0 Å². The number of fused-ring (bicyclic) bond motifs is 3. The van der Waals surface area contributed by atoms with E-state index in [1.165, 1.54) is 5.56 Å². The summed E-state index contributed by atoms with van der Waals surface area (Å²) < 4.78 is 13.9. The van der Waals surface area contributed by atoms with Crippen LogP contribution < -0.4 is 0 Å².